The lowest BCUT2D eigenvalue weighted by Gasteiger charge is -2.25. The number of hydrogen-bond donors (Lipinski definition) is 1. The van der Waals surface area contributed by atoms with Gasteiger partial charge in [-0.15, -0.1) is 0 Å². The smallest absolute Gasteiger partial charge is 0.131 e. The second-order valence-corrected chi connectivity index (χ2v) is 3.55. The van der Waals surface area contributed by atoms with E-state index in [1.807, 2.05) is 6.92 Å². The molecule has 3 heteroatoms. The molecular formula is C11H14FNO. The fraction of sp³-hybridized carbons (Fsp3) is 0.455. The van der Waals surface area contributed by atoms with Crippen molar-refractivity contribution in [3.8, 4) is 5.75 Å². The first-order valence-corrected chi connectivity index (χ1v) is 4.93. The Morgan fingerprint density at radius 3 is 3.07 bits per heavy atom. The quantitative estimate of drug-likeness (QED) is 0.745. The van der Waals surface area contributed by atoms with Crippen LogP contribution in [-0.2, 0) is 6.42 Å². The molecule has 0 amide bonds. The average Bonchev–Trinajstić information content (AvgIpc) is 2.18. The Morgan fingerprint density at radius 2 is 2.36 bits per heavy atom. The van der Waals surface area contributed by atoms with E-state index in [9.17, 15) is 4.39 Å². The first kappa shape index (κ1) is 9.46. The fourth-order valence-corrected chi connectivity index (χ4v) is 1.85. The third-order valence-corrected chi connectivity index (χ3v) is 2.65. The van der Waals surface area contributed by atoms with E-state index >= 15 is 0 Å². The predicted molar refractivity (Wildman–Crippen MR) is 52.8 cm³/mol. The minimum absolute atomic E-state index is 0.217. The Bertz CT molecular complexity index is 351. The molecule has 14 heavy (non-hydrogen) atoms. The maximum absolute atomic E-state index is 13.5. The van der Waals surface area contributed by atoms with Crippen LogP contribution in [0.4, 0.5) is 4.39 Å². The summed E-state index contributed by atoms with van der Waals surface area (Å²) in [5.41, 5.74) is 7.44. The van der Waals surface area contributed by atoms with Crippen LogP contribution >= 0.6 is 0 Å². The first-order valence-electron chi connectivity index (χ1n) is 4.93. The minimum Gasteiger partial charge on any atom is -0.493 e. The van der Waals surface area contributed by atoms with Gasteiger partial charge in [0, 0.05) is 18.0 Å². The molecule has 1 aliphatic heterocycles. The SMILES string of the molecule is CCc1ccc(F)c2c1OCC[C@H]2N. The van der Waals surface area contributed by atoms with Crippen molar-refractivity contribution in [2.75, 3.05) is 6.61 Å². The molecule has 2 nitrogen and oxygen atoms in total. The van der Waals surface area contributed by atoms with Crippen molar-refractivity contribution in [1.29, 1.82) is 0 Å². The lowest BCUT2D eigenvalue weighted by molar-refractivity contribution is 0.261. The molecular weight excluding hydrogens is 181 g/mol. The minimum atomic E-state index is -0.246. The summed E-state index contributed by atoms with van der Waals surface area (Å²) in [5, 5.41) is 0. The summed E-state index contributed by atoms with van der Waals surface area (Å²) in [5.74, 6) is 0.427. The molecule has 1 aromatic rings. The number of rotatable bonds is 1. The van der Waals surface area contributed by atoms with Crippen LogP contribution in [0.5, 0.6) is 5.75 Å². The van der Waals surface area contributed by atoms with Crippen molar-refractivity contribution >= 4 is 0 Å². The van der Waals surface area contributed by atoms with E-state index in [-0.39, 0.29) is 11.9 Å². The molecule has 2 rings (SSSR count). The van der Waals surface area contributed by atoms with Gasteiger partial charge in [-0.2, -0.15) is 0 Å². The Balaban J connectivity index is 2.57. The molecule has 0 aromatic heterocycles. The average molecular weight is 195 g/mol. The second-order valence-electron chi connectivity index (χ2n) is 3.55. The van der Waals surface area contributed by atoms with Crippen molar-refractivity contribution in [1.82, 2.24) is 0 Å². The highest BCUT2D eigenvalue weighted by atomic mass is 19.1. The largest absolute Gasteiger partial charge is 0.493 e. The highest BCUT2D eigenvalue weighted by molar-refractivity contribution is 5.45. The van der Waals surface area contributed by atoms with Gasteiger partial charge in [0.15, 0.2) is 0 Å². The first-order chi connectivity index (χ1) is 6.74. The summed E-state index contributed by atoms with van der Waals surface area (Å²) in [6.07, 6.45) is 1.53. The summed E-state index contributed by atoms with van der Waals surface area (Å²) in [6, 6.07) is 3.03. The second kappa shape index (κ2) is 3.58. The van der Waals surface area contributed by atoms with E-state index in [0.717, 1.165) is 12.0 Å². The molecule has 1 atom stereocenters. The van der Waals surface area contributed by atoms with Crippen LogP contribution in [0.15, 0.2) is 12.1 Å². The Labute approximate surface area is 82.9 Å². The zero-order valence-corrected chi connectivity index (χ0v) is 8.22. The maximum Gasteiger partial charge on any atom is 0.131 e. The monoisotopic (exact) mass is 195 g/mol. The lowest BCUT2D eigenvalue weighted by atomic mass is 9.97. The molecule has 0 fully saturated rings. The molecule has 1 aliphatic rings. The van der Waals surface area contributed by atoms with Gasteiger partial charge in [0.25, 0.3) is 0 Å². The van der Waals surface area contributed by atoms with Crippen molar-refractivity contribution in [3.05, 3.63) is 29.1 Å². The molecule has 0 saturated heterocycles. The highest BCUT2D eigenvalue weighted by Gasteiger charge is 2.23. The van der Waals surface area contributed by atoms with E-state index in [4.69, 9.17) is 10.5 Å². The van der Waals surface area contributed by atoms with Gasteiger partial charge in [-0.25, -0.2) is 4.39 Å². The van der Waals surface area contributed by atoms with E-state index in [1.54, 1.807) is 6.07 Å². The summed E-state index contributed by atoms with van der Waals surface area (Å²) >= 11 is 0. The van der Waals surface area contributed by atoms with Gasteiger partial charge in [-0.3, -0.25) is 0 Å². The number of hydrogen-bond acceptors (Lipinski definition) is 2. The molecule has 0 unspecified atom stereocenters. The molecule has 0 radical (unpaired) electrons. The van der Waals surface area contributed by atoms with Crippen LogP contribution in [0.25, 0.3) is 0 Å². The summed E-state index contributed by atoms with van der Waals surface area (Å²) in [7, 11) is 0. The third-order valence-electron chi connectivity index (χ3n) is 2.65. The zero-order valence-electron chi connectivity index (χ0n) is 8.22. The number of nitrogens with two attached hydrogens (primary N) is 1. The van der Waals surface area contributed by atoms with Gasteiger partial charge < -0.3 is 10.5 Å². The van der Waals surface area contributed by atoms with Crippen molar-refractivity contribution < 1.29 is 9.13 Å². The van der Waals surface area contributed by atoms with E-state index in [2.05, 4.69) is 0 Å². The van der Waals surface area contributed by atoms with Crippen molar-refractivity contribution in [2.24, 2.45) is 5.73 Å². The lowest BCUT2D eigenvalue weighted by Crippen LogP contribution is -2.22. The van der Waals surface area contributed by atoms with E-state index in [0.29, 0.717) is 24.3 Å². The number of aryl methyl sites for hydroxylation is 1. The molecule has 0 bridgehead atoms. The summed E-state index contributed by atoms with van der Waals surface area (Å²) < 4.78 is 19.0. The van der Waals surface area contributed by atoms with Gasteiger partial charge in [0.05, 0.1) is 6.61 Å². The van der Waals surface area contributed by atoms with Gasteiger partial charge in [0.2, 0.25) is 0 Å². The van der Waals surface area contributed by atoms with Crippen LogP contribution in [-0.4, -0.2) is 6.61 Å². The van der Waals surface area contributed by atoms with Crippen molar-refractivity contribution in [2.45, 2.75) is 25.8 Å². The summed E-state index contributed by atoms with van der Waals surface area (Å²) in [6.45, 7) is 2.61. The number of ether oxygens (including phenoxy) is 1. The van der Waals surface area contributed by atoms with Crippen LogP contribution in [0.3, 0.4) is 0 Å². The fourth-order valence-electron chi connectivity index (χ4n) is 1.85. The van der Waals surface area contributed by atoms with Crippen LogP contribution in [0.1, 0.15) is 30.5 Å². The van der Waals surface area contributed by atoms with Crippen LogP contribution in [0.2, 0.25) is 0 Å². The van der Waals surface area contributed by atoms with Gasteiger partial charge in [-0.1, -0.05) is 13.0 Å². The normalized spacial score (nSPS) is 20.1. The van der Waals surface area contributed by atoms with E-state index in [1.165, 1.54) is 6.07 Å². The van der Waals surface area contributed by atoms with Crippen molar-refractivity contribution in [3.63, 3.8) is 0 Å². The Hall–Kier alpha value is -1.09. The van der Waals surface area contributed by atoms with Gasteiger partial charge >= 0.3 is 0 Å². The molecule has 0 aliphatic carbocycles. The van der Waals surface area contributed by atoms with E-state index < -0.39 is 0 Å². The number of halogens is 1. The number of fused-ring (bicyclic) bond motifs is 1. The third kappa shape index (κ3) is 1.38. The highest BCUT2D eigenvalue weighted by Crippen LogP contribution is 2.35. The molecule has 0 saturated carbocycles. The number of benzene rings is 1. The molecule has 1 aromatic carbocycles. The maximum atomic E-state index is 13.5. The molecule has 0 spiro atoms. The molecule has 2 N–H and O–H groups in total. The summed E-state index contributed by atoms with van der Waals surface area (Å²) in [4.78, 5) is 0. The zero-order chi connectivity index (χ0) is 10.1. The topological polar surface area (TPSA) is 35.2 Å². The Morgan fingerprint density at radius 1 is 1.57 bits per heavy atom. The standard InChI is InChI=1S/C11H14FNO/c1-2-7-3-4-8(12)10-9(13)5-6-14-11(7)10/h3-4,9H,2,5-6,13H2,1H3/t9-/m1/s1. The molecule has 1 heterocycles. The van der Waals surface area contributed by atoms with Crippen LogP contribution < -0.4 is 10.5 Å². The predicted octanol–water partition coefficient (Wildman–Crippen LogP) is 2.17. The van der Waals surface area contributed by atoms with Crippen LogP contribution in [0, 0.1) is 5.82 Å². The van der Waals surface area contributed by atoms with Gasteiger partial charge in [-0.05, 0) is 18.1 Å². The molecule has 76 valence electrons. The Kier molecular flexibility index (Phi) is 2.42. The van der Waals surface area contributed by atoms with Gasteiger partial charge in [0.1, 0.15) is 11.6 Å².